The van der Waals surface area contributed by atoms with E-state index in [4.69, 9.17) is 5.73 Å². The van der Waals surface area contributed by atoms with Crippen LogP contribution in [-0.2, 0) is 6.54 Å². The van der Waals surface area contributed by atoms with Gasteiger partial charge in [-0.2, -0.15) is 0 Å². The summed E-state index contributed by atoms with van der Waals surface area (Å²) in [5.41, 5.74) is 5.18. The van der Waals surface area contributed by atoms with Crippen molar-refractivity contribution < 1.29 is 0 Å². The van der Waals surface area contributed by atoms with Crippen LogP contribution in [0.15, 0.2) is 9.59 Å². The Hall–Kier alpha value is -1.72. The summed E-state index contributed by atoms with van der Waals surface area (Å²) in [6.45, 7) is 2.25. The Morgan fingerprint density at radius 1 is 1.53 bits per heavy atom. The topological polar surface area (TPSA) is 92.9 Å². The number of anilines is 2. The van der Waals surface area contributed by atoms with Gasteiger partial charge in [-0.1, -0.05) is 0 Å². The third kappa shape index (κ3) is 1.74. The number of nitrogens with zero attached hydrogens (tertiary/aromatic N) is 1. The van der Waals surface area contributed by atoms with Gasteiger partial charge >= 0.3 is 5.69 Å². The number of nitrogens with one attached hydrogen (secondary N) is 2. The molecule has 0 unspecified atom stereocenters. The lowest BCUT2D eigenvalue weighted by atomic mass is 10.4. The van der Waals surface area contributed by atoms with E-state index in [1.165, 1.54) is 4.57 Å². The standard InChI is InChI=1S/C9H14N4O2/c1-2-13-7(10)6(11-5-3-4-5)8(14)12-9(13)15/h5,11H,2-4,10H2,1H3,(H,12,14,15). The van der Waals surface area contributed by atoms with Crippen LogP contribution in [0.3, 0.4) is 0 Å². The molecule has 0 aliphatic heterocycles. The monoisotopic (exact) mass is 210 g/mol. The van der Waals surface area contributed by atoms with Crippen molar-refractivity contribution in [3.63, 3.8) is 0 Å². The number of aromatic nitrogens is 2. The largest absolute Gasteiger partial charge is 0.383 e. The summed E-state index contributed by atoms with van der Waals surface area (Å²) in [6.07, 6.45) is 2.09. The van der Waals surface area contributed by atoms with Crippen molar-refractivity contribution >= 4 is 11.5 Å². The molecule has 1 saturated carbocycles. The molecular formula is C9H14N4O2. The van der Waals surface area contributed by atoms with E-state index in [0.29, 0.717) is 18.3 Å². The van der Waals surface area contributed by atoms with Gasteiger partial charge in [0.25, 0.3) is 5.56 Å². The Morgan fingerprint density at radius 2 is 2.20 bits per heavy atom. The van der Waals surface area contributed by atoms with Crippen LogP contribution in [0, 0.1) is 0 Å². The first-order valence-corrected chi connectivity index (χ1v) is 5.02. The Morgan fingerprint density at radius 3 is 2.73 bits per heavy atom. The van der Waals surface area contributed by atoms with Gasteiger partial charge in [0.15, 0.2) is 0 Å². The second-order valence-corrected chi connectivity index (χ2v) is 3.68. The lowest BCUT2D eigenvalue weighted by Crippen LogP contribution is -2.34. The molecular weight excluding hydrogens is 196 g/mol. The molecule has 1 aliphatic rings. The van der Waals surface area contributed by atoms with Gasteiger partial charge in [-0.3, -0.25) is 14.3 Å². The van der Waals surface area contributed by atoms with Crippen molar-refractivity contribution in [3.05, 3.63) is 20.8 Å². The molecule has 15 heavy (non-hydrogen) atoms. The molecule has 0 bridgehead atoms. The zero-order valence-corrected chi connectivity index (χ0v) is 8.54. The number of nitrogen functional groups attached to an aromatic ring is 1. The molecule has 6 heteroatoms. The van der Waals surface area contributed by atoms with Crippen LogP contribution < -0.4 is 22.3 Å². The molecule has 1 aromatic rings. The van der Waals surface area contributed by atoms with E-state index in [1.54, 1.807) is 6.92 Å². The van der Waals surface area contributed by atoms with Gasteiger partial charge in [0.2, 0.25) is 0 Å². The van der Waals surface area contributed by atoms with Gasteiger partial charge in [-0.15, -0.1) is 0 Å². The van der Waals surface area contributed by atoms with Crippen molar-refractivity contribution in [2.75, 3.05) is 11.1 Å². The molecule has 2 rings (SSSR count). The third-order valence-corrected chi connectivity index (χ3v) is 2.48. The van der Waals surface area contributed by atoms with Crippen molar-refractivity contribution in [3.8, 4) is 0 Å². The highest BCUT2D eigenvalue weighted by Gasteiger charge is 2.24. The van der Waals surface area contributed by atoms with Crippen LogP contribution in [0.1, 0.15) is 19.8 Å². The van der Waals surface area contributed by atoms with E-state index in [9.17, 15) is 9.59 Å². The molecule has 82 valence electrons. The van der Waals surface area contributed by atoms with Crippen molar-refractivity contribution in [1.29, 1.82) is 0 Å². The van der Waals surface area contributed by atoms with Gasteiger partial charge in [0.05, 0.1) is 0 Å². The van der Waals surface area contributed by atoms with E-state index < -0.39 is 11.2 Å². The number of hydrogen-bond acceptors (Lipinski definition) is 4. The van der Waals surface area contributed by atoms with Gasteiger partial charge in [-0.25, -0.2) is 4.79 Å². The van der Waals surface area contributed by atoms with Gasteiger partial charge in [0, 0.05) is 12.6 Å². The molecule has 0 aromatic carbocycles. The van der Waals surface area contributed by atoms with Crippen molar-refractivity contribution in [1.82, 2.24) is 9.55 Å². The van der Waals surface area contributed by atoms with Gasteiger partial charge in [-0.05, 0) is 19.8 Å². The van der Waals surface area contributed by atoms with Gasteiger partial charge in [0.1, 0.15) is 11.5 Å². The van der Waals surface area contributed by atoms with E-state index in [2.05, 4.69) is 10.3 Å². The highest BCUT2D eigenvalue weighted by atomic mass is 16.2. The fourth-order valence-electron chi connectivity index (χ4n) is 1.47. The normalized spacial score (nSPS) is 15.3. The maximum Gasteiger partial charge on any atom is 0.330 e. The Kier molecular flexibility index (Phi) is 2.26. The Bertz CT molecular complexity index is 484. The number of aromatic amines is 1. The molecule has 0 amide bonds. The maximum absolute atomic E-state index is 11.5. The minimum atomic E-state index is -0.457. The van der Waals surface area contributed by atoms with Crippen LogP contribution in [0.4, 0.5) is 11.5 Å². The van der Waals surface area contributed by atoms with E-state index in [-0.39, 0.29) is 5.82 Å². The third-order valence-electron chi connectivity index (χ3n) is 2.48. The number of nitrogens with two attached hydrogens (primary N) is 1. The molecule has 1 aromatic heterocycles. The van der Waals surface area contributed by atoms with Gasteiger partial charge < -0.3 is 11.1 Å². The Labute approximate surface area is 86.1 Å². The van der Waals surface area contributed by atoms with E-state index >= 15 is 0 Å². The van der Waals surface area contributed by atoms with Crippen molar-refractivity contribution in [2.45, 2.75) is 32.4 Å². The number of hydrogen-bond donors (Lipinski definition) is 3. The second-order valence-electron chi connectivity index (χ2n) is 3.68. The SMILES string of the molecule is CCn1c(N)c(NC2CC2)c(=O)[nH]c1=O. The maximum atomic E-state index is 11.5. The predicted octanol–water partition coefficient (Wildman–Crippen LogP) is -0.287. The lowest BCUT2D eigenvalue weighted by molar-refractivity contribution is 0.706. The van der Waals surface area contributed by atoms with Crippen LogP contribution in [0.2, 0.25) is 0 Å². The summed E-state index contributed by atoms with van der Waals surface area (Å²) in [4.78, 5) is 25.1. The summed E-state index contributed by atoms with van der Waals surface area (Å²) >= 11 is 0. The fourth-order valence-corrected chi connectivity index (χ4v) is 1.47. The first-order chi connectivity index (χ1) is 7.13. The summed E-state index contributed by atoms with van der Waals surface area (Å²) in [6, 6.07) is 0.330. The number of rotatable bonds is 3. The molecule has 1 aliphatic carbocycles. The summed E-state index contributed by atoms with van der Waals surface area (Å²) in [5.74, 6) is 0.221. The molecule has 1 fully saturated rings. The molecule has 0 radical (unpaired) electrons. The molecule has 0 atom stereocenters. The van der Waals surface area contributed by atoms with E-state index in [1.807, 2.05) is 0 Å². The van der Waals surface area contributed by atoms with Crippen LogP contribution >= 0.6 is 0 Å². The molecule has 6 nitrogen and oxygen atoms in total. The summed E-state index contributed by atoms with van der Waals surface area (Å²) in [7, 11) is 0. The molecule has 0 spiro atoms. The van der Waals surface area contributed by atoms with Crippen LogP contribution in [0.25, 0.3) is 0 Å². The van der Waals surface area contributed by atoms with Crippen LogP contribution in [0.5, 0.6) is 0 Å². The zero-order chi connectivity index (χ0) is 11.0. The minimum Gasteiger partial charge on any atom is -0.383 e. The highest BCUT2D eigenvalue weighted by molar-refractivity contribution is 5.61. The first kappa shape index (κ1) is 9.82. The lowest BCUT2D eigenvalue weighted by Gasteiger charge is -2.11. The first-order valence-electron chi connectivity index (χ1n) is 5.02. The summed E-state index contributed by atoms with van der Waals surface area (Å²) < 4.78 is 1.34. The highest BCUT2D eigenvalue weighted by Crippen LogP contribution is 2.24. The second kappa shape index (κ2) is 3.45. The number of H-pyrrole nitrogens is 1. The predicted molar refractivity (Wildman–Crippen MR) is 58.1 cm³/mol. The van der Waals surface area contributed by atoms with Crippen LogP contribution in [-0.4, -0.2) is 15.6 Å². The quantitative estimate of drug-likeness (QED) is 0.639. The average Bonchev–Trinajstić information content (AvgIpc) is 2.96. The molecule has 0 saturated heterocycles. The smallest absolute Gasteiger partial charge is 0.330 e. The Balaban J connectivity index is 2.51. The molecule has 1 heterocycles. The fraction of sp³-hybridized carbons (Fsp3) is 0.556. The average molecular weight is 210 g/mol. The molecule has 4 N–H and O–H groups in total. The van der Waals surface area contributed by atoms with Crippen molar-refractivity contribution in [2.24, 2.45) is 0 Å². The summed E-state index contributed by atoms with van der Waals surface area (Å²) in [5, 5.41) is 3.03. The minimum absolute atomic E-state index is 0.221. The zero-order valence-electron chi connectivity index (χ0n) is 8.54. The van der Waals surface area contributed by atoms with E-state index in [0.717, 1.165) is 12.8 Å².